The fraction of sp³-hybridized carbons (Fsp3) is 0.561. The van der Waals surface area contributed by atoms with Crippen molar-refractivity contribution in [3.8, 4) is 22.9 Å². The van der Waals surface area contributed by atoms with Crippen LogP contribution < -0.4 is 25.4 Å². The maximum atomic E-state index is 14.7. The van der Waals surface area contributed by atoms with Crippen LogP contribution in [0.5, 0.6) is 11.5 Å². The van der Waals surface area contributed by atoms with E-state index in [9.17, 15) is 24.3 Å². The normalized spacial score (nSPS) is 26.9. The largest absolute Gasteiger partial charge is 0.495 e. The molecule has 57 heavy (non-hydrogen) atoms. The van der Waals surface area contributed by atoms with Crippen LogP contribution in [0.4, 0.5) is 9.93 Å². The summed E-state index contributed by atoms with van der Waals surface area (Å²) >= 11 is 8.26. The Labute approximate surface area is 341 Å². The molecule has 3 amide bonds. The fourth-order valence-corrected chi connectivity index (χ4v) is 9.78. The molecule has 1 aliphatic heterocycles. The summed E-state index contributed by atoms with van der Waals surface area (Å²) in [7, 11) is 1.51. The van der Waals surface area contributed by atoms with E-state index in [4.69, 9.17) is 35.8 Å². The molecule has 1 aromatic carbocycles. The number of aromatic nitrogens is 2. The van der Waals surface area contributed by atoms with Crippen molar-refractivity contribution in [2.24, 2.45) is 23.2 Å². The van der Waals surface area contributed by atoms with Crippen LogP contribution in [-0.4, -0.2) is 93.4 Å². The lowest BCUT2D eigenvalue weighted by Crippen LogP contribution is -2.59. The first-order chi connectivity index (χ1) is 27.0. The first-order valence-corrected chi connectivity index (χ1v) is 20.8. The Morgan fingerprint density at radius 1 is 1.09 bits per heavy atom. The highest BCUT2D eigenvalue weighted by Crippen LogP contribution is 2.47. The van der Waals surface area contributed by atoms with Crippen molar-refractivity contribution in [2.45, 2.75) is 109 Å². The van der Waals surface area contributed by atoms with Gasteiger partial charge in [0.25, 0.3) is 0 Å². The van der Waals surface area contributed by atoms with Gasteiger partial charge >= 0.3 is 12.1 Å². The monoisotopic (exact) mass is 822 g/mol. The number of methoxy groups -OCH3 is 1. The molecule has 306 valence electrons. The molecule has 3 unspecified atom stereocenters. The number of nitrogens with one attached hydrogen (secondary N) is 3. The van der Waals surface area contributed by atoms with Crippen molar-refractivity contribution in [1.82, 2.24) is 25.5 Å². The van der Waals surface area contributed by atoms with Gasteiger partial charge in [0.05, 0.1) is 24.9 Å². The number of thiazole rings is 1. The second kappa shape index (κ2) is 15.6. The van der Waals surface area contributed by atoms with Gasteiger partial charge in [-0.2, -0.15) is 0 Å². The Kier molecular flexibility index (Phi) is 11.1. The number of rotatable bonds is 13. The number of pyridine rings is 1. The minimum atomic E-state index is -1.53. The third kappa shape index (κ3) is 7.97. The number of aliphatic carboxylic acids is 1. The lowest BCUT2D eigenvalue weighted by Gasteiger charge is -2.35. The summed E-state index contributed by atoms with van der Waals surface area (Å²) in [6.45, 7) is 13.2. The smallest absolute Gasteiger partial charge is 0.408 e. The number of hydrogen-bond acceptors (Lipinski definition) is 11. The second-order valence-corrected chi connectivity index (χ2v) is 18.3. The molecule has 3 heterocycles. The summed E-state index contributed by atoms with van der Waals surface area (Å²) < 4.78 is 18.1. The number of nitrogens with zero attached hydrogens (tertiary/aromatic N) is 3. The van der Waals surface area contributed by atoms with Gasteiger partial charge in [-0.05, 0) is 75.3 Å². The summed E-state index contributed by atoms with van der Waals surface area (Å²) in [5, 5.41) is 22.5. The van der Waals surface area contributed by atoms with Crippen molar-refractivity contribution < 1.29 is 38.5 Å². The molecule has 7 rings (SSSR count). The van der Waals surface area contributed by atoms with Crippen LogP contribution in [0.3, 0.4) is 0 Å². The van der Waals surface area contributed by atoms with Crippen molar-refractivity contribution in [3.05, 3.63) is 41.3 Å². The van der Waals surface area contributed by atoms with Gasteiger partial charge in [-0.15, -0.1) is 17.9 Å². The van der Waals surface area contributed by atoms with E-state index in [0.29, 0.717) is 45.6 Å². The fourth-order valence-electron chi connectivity index (χ4n) is 8.64. The second-order valence-electron chi connectivity index (χ2n) is 17.1. The highest BCUT2D eigenvalue weighted by atomic mass is 35.5. The number of hydrogen-bond donors (Lipinski definition) is 4. The molecule has 2 aromatic heterocycles. The van der Waals surface area contributed by atoms with Crippen LogP contribution in [0.15, 0.2) is 36.2 Å². The molecule has 14 nitrogen and oxygen atoms in total. The van der Waals surface area contributed by atoms with Gasteiger partial charge in [0.15, 0.2) is 5.13 Å². The molecule has 4 aliphatic rings. The molecule has 4 fully saturated rings. The average Bonchev–Trinajstić information content (AvgIpc) is 3.61. The number of ether oxygens (including phenoxy) is 3. The molecule has 0 radical (unpaired) electrons. The molecule has 0 spiro atoms. The zero-order valence-corrected chi connectivity index (χ0v) is 34.7. The highest BCUT2D eigenvalue weighted by Gasteiger charge is 2.61. The minimum absolute atomic E-state index is 0.0287. The van der Waals surface area contributed by atoms with Crippen LogP contribution in [0.25, 0.3) is 22.3 Å². The first-order valence-electron chi connectivity index (χ1n) is 19.5. The molecule has 3 saturated carbocycles. The van der Waals surface area contributed by atoms with Gasteiger partial charge in [-0.25, -0.2) is 19.6 Å². The number of likely N-dealkylation sites (tertiary alicyclic amines) is 1. The summed E-state index contributed by atoms with van der Waals surface area (Å²) in [5.41, 5.74) is -0.832. The van der Waals surface area contributed by atoms with E-state index in [-0.39, 0.29) is 36.6 Å². The lowest BCUT2D eigenvalue weighted by atomic mass is 9.85. The number of carboxylic acid groups (broad SMARTS) is 1. The number of carboxylic acids is 1. The van der Waals surface area contributed by atoms with E-state index < -0.39 is 58.9 Å². The van der Waals surface area contributed by atoms with E-state index in [1.165, 1.54) is 29.4 Å². The van der Waals surface area contributed by atoms with Gasteiger partial charge in [-0.1, -0.05) is 38.4 Å². The number of halogens is 1. The van der Waals surface area contributed by atoms with E-state index in [1.54, 1.807) is 18.2 Å². The molecular weight excluding hydrogens is 772 g/mol. The molecular formula is C41H51ClN6O8S. The van der Waals surface area contributed by atoms with E-state index in [2.05, 4.69) is 22.5 Å². The van der Waals surface area contributed by atoms with Crippen molar-refractivity contribution in [2.75, 3.05) is 19.0 Å². The molecule has 4 N–H and O–H groups in total. The van der Waals surface area contributed by atoms with Crippen molar-refractivity contribution >= 4 is 62.8 Å². The van der Waals surface area contributed by atoms with Gasteiger partial charge in [0.2, 0.25) is 11.8 Å². The topological polar surface area (TPSA) is 181 Å². The summed E-state index contributed by atoms with van der Waals surface area (Å²) in [4.78, 5) is 65.8. The van der Waals surface area contributed by atoms with Crippen LogP contribution >= 0.6 is 22.9 Å². The predicted molar refractivity (Wildman–Crippen MR) is 217 cm³/mol. The van der Waals surface area contributed by atoms with Gasteiger partial charge in [0.1, 0.15) is 52.0 Å². The van der Waals surface area contributed by atoms with Crippen LogP contribution in [0, 0.1) is 23.2 Å². The Morgan fingerprint density at radius 3 is 2.39 bits per heavy atom. The standard InChI is InChI=1S/C41H51ClN6O8S/c1-8-23-17-41(23,37(51)52)47-35(49)28-15-24(18-48(28)36(50)34(40(4,5)6)46-39(53)56-33-21-9-10-22(33)12-11-21)55-30-16-26(27-19-57-38(45-27)43-20(2)3)44-32-25(30)13-14-29(54-7)31(32)42/h8,13-14,16,19-24,28,33-34H,1,9-12,15,17-18H2,2-7H3,(H,43,45)(H,46,53)(H,47,49)(H,51,52)/t21?,22?,23?,24-,28?,33?,34?,41-/m1/s1. The molecule has 3 aliphatic carbocycles. The Bertz CT molecular complexity index is 2070. The van der Waals surface area contributed by atoms with Crippen molar-refractivity contribution in [3.63, 3.8) is 0 Å². The predicted octanol–water partition coefficient (Wildman–Crippen LogP) is 6.66. The minimum Gasteiger partial charge on any atom is -0.495 e. The van der Waals surface area contributed by atoms with Crippen molar-refractivity contribution in [1.29, 1.82) is 0 Å². The zero-order valence-electron chi connectivity index (χ0n) is 33.1. The van der Waals surface area contributed by atoms with Crippen LogP contribution in [0.2, 0.25) is 5.02 Å². The SMILES string of the molecule is C=CC1C[C@]1(NC(=O)C1C[C@@H](Oc2cc(-c3csc(NC(C)C)n3)nc3c(Cl)c(OC)ccc23)CN1C(=O)C(NC(=O)OC1C2CCC1CC2)C(C)(C)C)C(=O)O. The number of amides is 3. The third-order valence-electron chi connectivity index (χ3n) is 11.8. The van der Waals surface area contributed by atoms with E-state index >= 15 is 0 Å². The number of alkyl carbamates (subject to hydrolysis) is 1. The Hall–Kier alpha value is -4.63. The lowest BCUT2D eigenvalue weighted by molar-refractivity contribution is -0.146. The number of benzene rings is 1. The first kappa shape index (κ1) is 40.6. The molecule has 1 saturated heterocycles. The van der Waals surface area contributed by atoms with Gasteiger partial charge in [0, 0.05) is 35.2 Å². The Balaban J connectivity index is 1.21. The highest BCUT2D eigenvalue weighted by molar-refractivity contribution is 7.14. The molecule has 3 aromatic rings. The molecule has 5 atom stereocenters. The summed E-state index contributed by atoms with van der Waals surface area (Å²) in [5.74, 6) is -1.34. The Morgan fingerprint density at radius 2 is 1.79 bits per heavy atom. The van der Waals surface area contributed by atoms with Crippen LogP contribution in [-0.2, 0) is 19.1 Å². The maximum absolute atomic E-state index is 14.7. The third-order valence-corrected chi connectivity index (χ3v) is 12.9. The maximum Gasteiger partial charge on any atom is 0.408 e. The quantitative estimate of drug-likeness (QED) is 0.135. The molecule has 2 bridgehead atoms. The molecule has 16 heteroatoms. The number of anilines is 1. The summed E-state index contributed by atoms with van der Waals surface area (Å²) in [6.07, 6.45) is 4.22. The van der Waals surface area contributed by atoms with Gasteiger partial charge in [-0.3, -0.25) is 9.59 Å². The van der Waals surface area contributed by atoms with Crippen LogP contribution in [0.1, 0.15) is 73.1 Å². The summed E-state index contributed by atoms with van der Waals surface area (Å²) in [6, 6.07) is 3.20. The average molecular weight is 823 g/mol. The van der Waals surface area contributed by atoms with E-state index in [0.717, 1.165) is 30.8 Å². The number of fused-ring (bicyclic) bond motifs is 3. The van der Waals surface area contributed by atoms with E-state index in [1.807, 2.05) is 40.0 Å². The number of carbonyl (C=O) groups is 4. The number of carbonyl (C=O) groups excluding carboxylic acids is 3. The zero-order chi connectivity index (χ0) is 41.0. The van der Waals surface area contributed by atoms with Gasteiger partial charge < -0.3 is 40.2 Å².